The topological polar surface area (TPSA) is 75.3 Å². The average molecular weight is 275 g/mol. The number of benzene rings is 1. The van der Waals surface area contributed by atoms with Gasteiger partial charge in [0.1, 0.15) is 0 Å². The molecule has 0 saturated carbocycles. The summed E-state index contributed by atoms with van der Waals surface area (Å²) in [6, 6.07) is 4.95. The summed E-state index contributed by atoms with van der Waals surface area (Å²) in [7, 11) is 0. The number of nitrogens with one attached hydrogen (secondary N) is 1. The Labute approximate surface area is 110 Å². The molecule has 0 spiro atoms. The van der Waals surface area contributed by atoms with Crippen LogP contribution in [0.15, 0.2) is 18.2 Å². The third kappa shape index (κ3) is 5.30. The zero-order valence-corrected chi connectivity index (χ0v) is 10.9. The van der Waals surface area contributed by atoms with Crippen molar-refractivity contribution in [2.45, 2.75) is 6.42 Å². The van der Waals surface area contributed by atoms with Gasteiger partial charge in [-0.25, -0.2) is 0 Å². The monoisotopic (exact) mass is 274 g/mol. The first kappa shape index (κ1) is 14.2. The lowest BCUT2D eigenvalue weighted by atomic mass is 10.3. The maximum atomic E-state index is 11.5. The molecule has 0 radical (unpaired) electrons. The molecule has 0 bridgehead atoms. The highest BCUT2D eigenvalue weighted by atomic mass is 35.5. The summed E-state index contributed by atoms with van der Waals surface area (Å²) in [4.78, 5) is 11.5. The van der Waals surface area contributed by atoms with Crippen LogP contribution in [0.3, 0.4) is 0 Å². The van der Waals surface area contributed by atoms with Crippen molar-refractivity contribution >= 4 is 40.6 Å². The van der Waals surface area contributed by atoms with E-state index in [4.69, 9.17) is 22.4 Å². The van der Waals surface area contributed by atoms with Crippen LogP contribution in [0.5, 0.6) is 0 Å². The molecule has 94 valence electrons. The maximum Gasteiger partial charge on any atom is 0.225 e. The fourth-order valence-corrected chi connectivity index (χ4v) is 2.08. The first-order valence-electron chi connectivity index (χ1n) is 5.17. The van der Waals surface area contributed by atoms with Crippen LogP contribution >= 0.6 is 23.4 Å². The van der Waals surface area contributed by atoms with Crippen LogP contribution in [-0.4, -0.2) is 29.1 Å². The number of halogens is 1. The van der Waals surface area contributed by atoms with Gasteiger partial charge in [-0.2, -0.15) is 11.8 Å². The fraction of sp³-hybridized carbons (Fsp3) is 0.364. The molecule has 17 heavy (non-hydrogen) atoms. The minimum atomic E-state index is -0.0953. The molecular weight excluding hydrogens is 260 g/mol. The Morgan fingerprint density at radius 2 is 2.24 bits per heavy atom. The molecule has 1 amide bonds. The number of hydrogen-bond acceptors (Lipinski definition) is 4. The highest BCUT2D eigenvalue weighted by molar-refractivity contribution is 7.99. The zero-order chi connectivity index (χ0) is 12.7. The lowest BCUT2D eigenvalue weighted by Crippen LogP contribution is -2.12. The number of nitrogens with two attached hydrogens (primary N) is 1. The van der Waals surface area contributed by atoms with Gasteiger partial charge in [0.05, 0.1) is 17.3 Å². The highest BCUT2D eigenvalue weighted by Crippen LogP contribution is 2.24. The molecule has 1 aromatic rings. The van der Waals surface area contributed by atoms with Crippen LogP contribution in [0, 0.1) is 0 Å². The maximum absolute atomic E-state index is 11.5. The number of hydrogen-bond donors (Lipinski definition) is 3. The van der Waals surface area contributed by atoms with E-state index in [2.05, 4.69) is 5.32 Å². The predicted octanol–water partition coefficient (Wildman–Crippen LogP) is 1.98. The van der Waals surface area contributed by atoms with Crippen molar-refractivity contribution in [1.82, 2.24) is 0 Å². The summed E-state index contributed by atoms with van der Waals surface area (Å²) >= 11 is 7.46. The SMILES string of the molecule is Nc1ccc(NC(=O)CCSCCO)c(Cl)c1. The normalized spacial score (nSPS) is 10.2. The van der Waals surface area contributed by atoms with Crippen LogP contribution in [-0.2, 0) is 4.79 Å². The number of anilines is 2. The van der Waals surface area contributed by atoms with Crippen LogP contribution in [0.25, 0.3) is 0 Å². The summed E-state index contributed by atoms with van der Waals surface area (Å²) in [5.41, 5.74) is 6.68. The zero-order valence-electron chi connectivity index (χ0n) is 9.28. The van der Waals surface area contributed by atoms with Gasteiger partial charge in [0.15, 0.2) is 0 Å². The van der Waals surface area contributed by atoms with Gasteiger partial charge in [-0.15, -0.1) is 0 Å². The second-order valence-corrected chi connectivity index (χ2v) is 5.01. The molecule has 1 aromatic carbocycles. The van der Waals surface area contributed by atoms with Crippen molar-refractivity contribution in [2.75, 3.05) is 29.2 Å². The van der Waals surface area contributed by atoms with E-state index >= 15 is 0 Å². The van der Waals surface area contributed by atoms with Gasteiger partial charge >= 0.3 is 0 Å². The van der Waals surface area contributed by atoms with Crippen molar-refractivity contribution in [3.8, 4) is 0 Å². The third-order valence-corrected chi connectivity index (χ3v) is 3.25. The fourth-order valence-electron chi connectivity index (χ4n) is 1.18. The molecule has 0 atom stereocenters. The Balaban J connectivity index is 2.40. The van der Waals surface area contributed by atoms with E-state index in [1.54, 1.807) is 18.2 Å². The summed E-state index contributed by atoms with van der Waals surface area (Å²) in [5.74, 6) is 1.23. The van der Waals surface area contributed by atoms with Crippen molar-refractivity contribution in [2.24, 2.45) is 0 Å². The van der Waals surface area contributed by atoms with Gasteiger partial charge in [0, 0.05) is 23.6 Å². The van der Waals surface area contributed by atoms with Crippen LogP contribution in [0.4, 0.5) is 11.4 Å². The molecule has 0 saturated heterocycles. The second kappa shape index (κ2) is 7.42. The number of rotatable bonds is 6. The quantitative estimate of drug-likeness (QED) is 0.548. The van der Waals surface area contributed by atoms with Gasteiger partial charge in [0.2, 0.25) is 5.91 Å². The number of thioether (sulfide) groups is 1. The van der Waals surface area contributed by atoms with Gasteiger partial charge in [-0.3, -0.25) is 4.79 Å². The number of nitrogen functional groups attached to an aromatic ring is 1. The highest BCUT2D eigenvalue weighted by Gasteiger charge is 2.05. The molecule has 0 aliphatic carbocycles. The Morgan fingerprint density at radius 1 is 1.47 bits per heavy atom. The van der Waals surface area contributed by atoms with E-state index < -0.39 is 0 Å². The number of carbonyl (C=O) groups excluding carboxylic acids is 1. The molecular formula is C11H15ClN2O2S. The summed E-state index contributed by atoms with van der Waals surface area (Å²) < 4.78 is 0. The van der Waals surface area contributed by atoms with E-state index in [1.165, 1.54) is 11.8 Å². The molecule has 4 nitrogen and oxygen atoms in total. The first-order valence-corrected chi connectivity index (χ1v) is 6.70. The molecule has 0 heterocycles. The van der Waals surface area contributed by atoms with Crippen LogP contribution in [0.2, 0.25) is 5.02 Å². The number of aliphatic hydroxyl groups excluding tert-OH is 1. The number of carbonyl (C=O) groups is 1. The molecule has 4 N–H and O–H groups in total. The Morgan fingerprint density at radius 3 is 2.88 bits per heavy atom. The van der Waals surface area contributed by atoms with E-state index in [0.29, 0.717) is 34.3 Å². The third-order valence-electron chi connectivity index (χ3n) is 1.98. The average Bonchev–Trinajstić information content (AvgIpc) is 2.28. The van der Waals surface area contributed by atoms with Gasteiger partial charge < -0.3 is 16.2 Å². The second-order valence-electron chi connectivity index (χ2n) is 3.37. The van der Waals surface area contributed by atoms with Gasteiger partial charge in [-0.05, 0) is 18.2 Å². The minimum Gasteiger partial charge on any atom is -0.399 e. The smallest absolute Gasteiger partial charge is 0.225 e. The number of amides is 1. The first-order chi connectivity index (χ1) is 8.13. The van der Waals surface area contributed by atoms with Gasteiger partial charge in [-0.1, -0.05) is 11.6 Å². The molecule has 0 unspecified atom stereocenters. The minimum absolute atomic E-state index is 0.0953. The molecule has 0 aliphatic rings. The van der Waals surface area contributed by atoms with Crippen molar-refractivity contribution < 1.29 is 9.90 Å². The van der Waals surface area contributed by atoms with E-state index in [-0.39, 0.29) is 12.5 Å². The van der Waals surface area contributed by atoms with Crippen molar-refractivity contribution in [3.05, 3.63) is 23.2 Å². The van der Waals surface area contributed by atoms with Gasteiger partial charge in [0.25, 0.3) is 0 Å². The standard InChI is InChI=1S/C11H15ClN2O2S/c12-9-7-8(13)1-2-10(9)14-11(16)3-5-17-6-4-15/h1-2,7,15H,3-6,13H2,(H,14,16). The predicted molar refractivity (Wildman–Crippen MR) is 73.5 cm³/mol. The van der Waals surface area contributed by atoms with E-state index in [1.807, 2.05) is 0 Å². The molecule has 0 fully saturated rings. The Hall–Kier alpha value is -0.910. The molecule has 0 aromatic heterocycles. The lowest BCUT2D eigenvalue weighted by Gasteiger charge is -2.07. The van der Waals surface area contributed by atoms with E-state index in [0.717, 1.165) is 0 Å². The lowest BCUT2D eigenvalue weighted by molar-refractivity contribution is -0.115. The van der Waals surface area contributed by atoms with Crippen molar-refractivity contribution in [1.29, 1.82) is 0 Å². The van der Waals surface area contributed by atoms with E-state index in [9.17, 15) is 4.79 Å². The molecule has 6 heteroatoms. The summed E-state index contributed by atoms with van der Waals surface area (Å²) in [6.07, 6.45) is 0.394. The molecule has 0 aliphatic heterocycles. The number of aliphatic hydroxyl groups is 1. The summed E-state index contributed by atoms with van der Waals surface area (Å²) in [5, 5.41) is 11.7. The Bertz CT molecular complexity index is 388. The van der Waals surface area contributed by atoms with Crippen molar-refractivity contribution in [3.63, 3.8) is 0 Å². The van der Waals surface area contributed by atoms with Crippen LogP contribution < -0.4 is 11.1 Å². The Kier molecular flexibility index (Phi) is 6.18. The molecule has 1 rings (SSSR count). The van der Waals surface area contributed by atoms with Crippen LogP contribution in [0.1, 0.15) is 6.42 Å². The summed E-state index contributed by atoms with van der Waals surface area (Å²) in [6.45, 7) is 0.135. The largest absolute Gasteiger partial charge is 0.399 e.